The lowest BCUT2D eigenvalue weighted by Crippen LogP contribution is -2.10. The molecule has 4 rings (SSSR count). The van der Waals surface area contributed by atoms with E-state index in [9.17, 15) is 4.79 Å². The van der Waals surface area contributed by atoms with Gasteiger partial charge >= 0.3 is 0 Å². The highest BCUT2D eigenvalue weighted by Crippen LogP contribution is 2.44. The van der Waals surface area contributed by atoms with Crippen LogP contribution in [0.1, 0.15) is 33.2 Å². The third kappa shape index (κ3) is 4.20. The first-order chi connectivity index (χ1) is 15.7. The Bertz CT molecular complexity index is 1070. The van der Waals surface area contributed by atoms with E-state index >= 15 is 0 Å². The smallest absolute Gasteiger partial charge is 0.231 e. The van der Waals surface area contributed by atoms with Crippen molar-refractivity contribution in [3.05, 3.63) is 76.9 Å². The van der Waals surface area contributed by atoms with Crippen LogP contribution >= 0.6 is 0 Å². The molecular formula is C25H24O7. The van der Waals surface area contributed by atoms with Gasteiger partial charge in [-0.3, -0.25) is 4.79 Å². The molecule has 0 aliphatic carbocycles. The highest BCUT2D eigenvalue weighted by atomic mass is 16.7. The predicted molar refractivity (Wildman–Crippen MR) is 117 cm³/mol. The standard InChI is InChI=1S/C25H24O7/c1-27-22-9-17(10-23(28-2)25(22)29-3)24(30-14-16-7-5-4-6-8-16)19-12-21-20(31-15-32-21)11-18(19)13-26/h4-13,24H,14-15H2,1-3H3. The number of methoxy groups -OCH3 is 3. The SMILES string of the molecule is COc1cc(C(OCc2ccccc2)c2cc3c(cc2C=O)OCO3)cc(OC)c1OC. The molecule has 1 aliphatic heterocycles. The lowest BCUT2D eigenvalue weighted by molar-refractivity contribution is 0.0655. The molecular weight excluding hydrogens is 412 g/mol. The average molecular weight is 436 g/mol. The first-order valence-electron chi connectivity index (χ1n) is 10.0. The lowest BCUT2D eigenvalue weighted by atomic mass is 9.95. The maximum Gasteiger partial charge on any atom is 0.231 e. The van der Waals surface area contributed by atoms with Crippen LogP contribution in [0.15, 0.2) is 54.6 Å². The Morgan fingerprint density at radius 2 is 1.56 bits per heavy atom. The van der Waals surface area contributed by atoms with Gasteiger partial charge in [-0.25, -0.2) is 0 Å². The first kappa shape index (κ1) is 21.5. The van der Waals surface area contributed by atoms with Crippen LogP contribution < -0.4 is 23.7 Å². The van der Waals surface area contributed by atoms with E-state index in [2.05, 4.69) is 0 Å². The van der Waals surface area contributed by atoms with Crippen LogP contribution in [0.4, 0.5) is 0 Å². The minimum Gasteiger partial charge on any atom is -0.493 e. The summed E-state index contributed by atoms with van der Waals surface area (Å²) >= 11 is 0. The van der Waals surface area contributed by atoms with E-state index in [0.29, 0.717) is 46.5 Å². The minimum atomic E-state index is -0.612. The summed E-state index contributed by atoms with van der Waals surface area (Å²) in [5.41, 5.74) is 2.83. The van der Waals surface area contributed by atoms with Crippen molar-refractivity contribution in [3.63, 3.8) is 0 Å². The molecule has 1 atom stereocenters. The Labute approximate surface area is 186 Å². The molecule has 0 fully saturated rings. The van der Waals surface area contributed by atoms with E-state index in [4.69, 9.17) is 28.4 Å². The number of fused-ring (bicyclic) bond motifs is 1. The van der Waals surface area contributed by atoms with Gasteiger partial charge in [-0.05, 0) is 41.0 Å². The number of rotatable bonds is 9. The number of aldehydes is 1. The molecule has 7 nitrogen and oxygen atoms in total. The van der Waals surface area contributed by atoms with Crippen LogP contribution in [0.25, 0.3) is 0 Å². The van der Waals surface area contributed by atoms with Crippen molar-refractivity contribution in [3.8, 4) is 28.7 Å². The number of hydrogen-bond donors (Lipinski definition) is 0. The molecule has 0 bridgehead atoms. The van der Waals surface area contributed by atoms with E-state index < -0.39 is 6.10 Å². The van der Waals surface area contributed by atoms with E-state index in [1.807, 2.05) is 42.5 Å². The van der Waals surface area contributed by atoms with Gasteiger partial charge in [0.1, 0.15) is 6.10 Å². The van der Waals surface area contributed by atoms with Crippen molar-refractivity contribution in [2.45, 2.75) is 12.7 Å². The molecule has 3 aromatic rings. The number of hydrogen-bond acceptors (Lipinski definition) is 7. The van der Waals surface area contributed by atoms with Gasteiger partial charge in [0, 0.05) is 5.56 Å². The van der Waals surface area contributed by atoms with E-state index in [1.54, 1.807) is 33.5 Å². The lowest BCUT2D eigenvalue weighted by Gasteiger charge is -2.23. The molecule has 3 aromatic carbocycles. The zero-order chi connectivity index (χ0) is 22.5. The van der Waals surface area contributed by atoms with Crippen LogP contribution in [-0.4, -0.2) is 34.4 Å². The van der Waals surface area contributed by atoms with Crippen LogP contribution in [0.5, 0.6) is 28.7 Å². The van der Waals surface area contributed by atoms with Crippen molar-refractivity contribution in [2.24, 2.45) is 0 Å². The molecule has 0 spiro atoms. The minimum absolute atomic E-state index is 0.108. The summed E-state index contributed by atoms with van der Waals surface area (Å²) in [5.74, 6) is 2.54. The summed E-state index contributed by atoms with van der Waals surface area (Å²) in [7, 11) is 4.66. The van der Waals surface area contributed by atoms with Gasteiger partial charge in [0.25, 0.3) is 0 Å². The summed E-state index contributed by atoms with van der Waals surface area (Å²) in [6.45, 7) is 0.436. The topological polar surface area (TPSA) is 72.5 Å². The maximum absolute atomic E-state index is 12.0. The largest absolute Gasteiger partial charge is 0.493 e. The molecule has 32 heavy (non-hydrogen) atoms. The van der Waals surface area contributed by atoms with Gasteiger partial charge in [-0.2, -0.15) is 0 Å². The van der Waals surface area contributed by atoms with Crippen molar-refractivity contribution in [1.29, 1.82) is 0 Å². The molecule has 0 aromatic heterocycles. The fraction of sp³-hybridized carbons (Fsp3) is 0.240. The molecule has 0 saturated carbocycles. The summed E-state index contributed by atoms with van der Waals surface area (Å²) < 4.78 is 33.9. The maximum atomic E-state index is 12.0. The molecule has 7 heteroatoms. The first-order valence-corrected chi connectivity index (χ1v) is 10.0. The Morgan fingerprint density at radius 3 is 2.16 bits per heavy atom. The molecule has 0 amide bonds. The van der Waals surface area contributed by atoms with Gasteiger partial charge in [0.15, 0.2) is 29.3 Å². The Hall–Kier alpha value is -3.71. The van der Waals surface area contributed by atoms with Gasteiger partial charge in [-0.1, -0.05) is 30.3 Å². The fourth-order valence-electron chi connectivity index (χ4n) is 3.67. The van der Waals surface area contributed by atoms with E-state index in [1.165, 1.54) is 0 Å². The van der Waals surface area contributed by atoms with Crippen LogP contribution in [-0.2, 0) is 11.3 Å². The summed E-state index contributed by atoms with van der Waals surface area (Å²) in [5, 5.41) is 0. The van der Waals surface area contributed by atoms with E-state index in [-0.39, 0.29) is 6.79 Å². The fourth-order valence-corrected chi connectivity index (χ4v) is 3.67. The van der Waals surface area contributed by atoms with Gasteiger partial charge in [0.05, 0.1) is 27.9 Å². The monoisotopic (exact) mass is 436 g/mol. The van der Waals surface area contributed by atoms with Crippen LogP contribution in [0.2, 0.25) is 0 Å². The predicted octanol–water partition coefficient (Wildman–Crippen LogP) is 4.56. The number of ether oxygens (including phenoxy) is 6. The Balaban J connectivity index is 1.83. The van der Waals surface area contributed by atoms with Crippen LogP contribution in [0.3, 0.4) is 0 Å². The number of carbonyl (C=O) groups is 1. The summed E-state index contributed by atoms with van der Waals surface area (Å²) in [4.78, 5) is 12.0. The van der Waals surface area contributed by atoms with Crippen molar-refractivity contribution in [2.75, 3.05) is 28.1 Å². The van der Waals surface area contributed by atoms with Crippen LogP contribution in [0, 0.1) is 0 Å². The zero-order valence-electron chi connectivity index (χ0n) is 18.1. The molecule has 1 aliphatic rings. The molecule has 0 saturated heterocycles. The zero-order valence-corrected chi connectivity index (χ0v) is 18.1. The molecule has 1 unspecified atom stereocenters. The average Bonchev–Trinajstić information content (AvgIpc) is 3.31. The molecule has 1 heterocycles. The van der Waals surface area contributed by atoms with Crippen molar-refractivity contribution < 1.29 is 33.2 Å². The molecule has 0 N–H and O–H groups in total. The van der Waals surface area contributed by atoms with Gasteiger partial charge in [0.2, 0.25) is 12.5 Å². The van der Waals surface area contributed by atoms with Gasteiger partial charge < -0.3 is 28.4 Å². The van der Waals surface area contributed by atoms with Crippen molar-refractivity contribution >= 4 is 6.29 Å². The molecule has 0 radical (unpaired) electrons. The third-order valence-corrected chi connectivity index (χ3v) is 5.24. The highest BCUT2D eigenvalue weighted by molar-refractivity contribution is 5.80. The second-order valence-corrected chi connectivity index (χ2v) is 7.09. The Kier molecular flexibility index (Phi) is 6.47. The quantitative estimate of drug-likeness (QED) is 0.455. The molecule has 166 valence electrons. The second-order valence-electron chi connectivity index (χ2n) is 7.09. The normalized spacial score (nSPS) is 12.8. The highest BCUT2D eigenvalue weighted by Gasteiger charge is 2.26. The van der Waals surface area contributed by atoms with Crippen molar-refractivity contribution in [1.82, 2.24) is 0 Å². The summed E-state index contributed by atoms with van der Waals surface area (Å²) in [6, 6.07) is 16.9. The second kappa shape index (κ2) is 9.62. The Morgan fingerprint density at radius 1 is 0.906 bits per heavy atom. The van der Waals surface area contributed by atoms with E-state index in [0.717, 1.165) is 17.4 Å². The third-order valence-electron chi connectivity index (χ3n) is 5.24. The van der Waals surface area contributed by atoms with Gasteiger partial charge in [-0.15, -0.1) is 0 Å². The number of benzene rings is 3. The summed E-state index contributed by atoms with van der Waals surface area (Å²) in [6.07, 6.45) is 0.173. The number of carbonyl (C=O) groups excluding carboxylic acids is 1.